The van der Waals surface area contributed by atoms with Crippen LogP contribution in [0.25, 0.3) is 0 Å². The van der Waals surface area contributed by atoms with Crippen LogP contribution < -0.4 is 0 Å². The van der Waals surface area contributed by atoms with E-state index in [1.165, 1.54) is 0 Å². The van der Waals surface area contributed by atoms with Crippen molar-refractivity contribution in [2.45, 2.75) is 18.5 Å². The van der Waals surface area contributed by atoms with Gasteiger partial charge >= 0.3 is 5.97 Å². The molecule has 0 spiro atoms. The van der Waals surface area contributed by atoms with Gasteiger partial charge in [0.25, 0.3) is 0 Å². The van der Waals surface area contributed by atoms with Crippen molar-refractivity contribution in [3.63, 3.8) is 0 Å². The molecule has 2 atom stereocenters. The van der Waals surface area contributed by atoms with Gasteiger partial charge in [0.2, 0.25) is 0 Å². The quantitative estimate of drug-likeness (QED) is 0.616. The second kappa shape index (κ2) is 2.63. The normalized spacial score (nSPS) is 39.9. The summed E-state index contributed by atoms with van der Waals surface area (Å²) < 4.78 is 0. The fourth-order valence-corrected chi connectivity index (χ4v) is 4.68. The van der Waals surface area contributed by atoms with Gasteiger partial charge in [0.1, 0.15) is 0 Å². The highest BCUT2D eigenvalue weighted by Crippen LogP contribution is 2.54. The van der Waals surface area contributed by atoms with Gasteiger partial charge in [-0.05, 0) is 31.7 Å². The third-order valence-corrected chi connectivity index (χ3v) is 6.34. The van der Waals surface area contributed by atoms with Gasteiger partial charge in [-0.2, -0.15) is 0 Å². The van der Waals surface area contributed by atoms with Crippen molar-refractivity contribution in [3.8, 4) is 0 Å². The van der Waals surface area contributed by atoms with Crippen molar-refractivity contribution in [1.82, 2.24) is 0 Å². The second-order valence-corrected chi connectivity index (χ2v) is 8.82. The minimum absolute atomic E-state index is 0.178. The molecule has 2 nitrogen and oxygen atoms in total. The summed E-state index contributed by atoms with van der Waals surface area (Å²) in [6.45, 7) is 1.97. The summed E-state index contributed by atoms with van der Waals surface area (Å²) in [6.07, 6.45) is 2.81. The van der Waals surface area contributed by atoms with E-state index in [9.17, 15) is 4.79 Å². The van der Waals surface area contributed by atoms with E-state index in [1.807, 2.05) is 6.66 Å². The molecule has 0 radical (unpaired) electrons. The largest absolute Gasteiger partial charge is 0.481 e. The van der Waals surface area contributed by atoms with E-state index >= 15 is 0 Å². The molecule has 1 saturated heterocycles. The first kappa shape index (κ1) is 8.22. The molecule has 4 heteroatoms. The molecule has 0 unspecified atom stereocenters. The van der Waals surface area contributed by atoms with Crippen LogP contribution >= 0.6 is 6.04 Å². The van der Waals surface area contributed by atoms with E-state index in [2.05, 4.69) is 0 Å². The zero-order chi connectivity index (χ0) is 7.78. The maximum absolute atomic E-state index is 10.6. The molecular weight excluding hydrogens is 167 g/mol. The summed E-state index contributed by atoms with van der Waals surface area (Å²) in [7, 11) is 0. The van der Waals surface area contributed by atoms with E-state index in [-0.39, 0.29) is 5.66 Å². The van der Waals surface area contributed by atoms with Crippen molar-refractivity contribution in [2.24, 2.45) is 0 Å². The van der Waals surface area contributed by atoms with Gasteiger partial charge in [0.15, 0.2) is 0 Å². The molecule has 0 bridgehead atoms. The molecule has 0 aromatic heterocycles. The van der Waals surface area contributed by atoms with Gasteiger partial charge in [-0.3, -0.25) is 4.79 Å². The lowest BCUT2D eigenvalue weighted by Crippen LogP contribution is -2.15. The zero-order valence-corrected chi connectivity index (χ0v) is 7.62. The van der Waals surface area contributed by atoms with Crippen molar-refractivity contribution < 1.29 is 9.90 Å². The Bertz CT molecular complexity index is 202. The Morgan fingerprint density at radius 1 is 1.80 bits per heavy atom. The summed E-state index contributed by atoms with van der Waals surface area (Å²) in [5.74, 6) is -0.677. The van der Waals surface area contributed by atoms with E-state index in [0.717, 1.165) is 19.0 Å². The van der Waals surface area contributed by atoms with Gasteiger partial charge in [0.05, 0.1) is 5.66 Å². The van der Waals surface area contributed by atoms with E-state index in [1.54, 1.807) is 0 Å². The van der Waals surface area contributed by atoms with Crippen molar-refractivity contribution in [2.75, 3.05) is 12.8 Å². The topological polar surface area (TPSA) is 37.3 Å². The van der Waals surface area contributed by atoms with Gasteiger partial charge < -0.3 is 5.11 Å². The third-order valence-electron chi connectivity index (χ3n) is 2.02. The van der Waals surface area contributed by atoms with Crippen LogP contribution in [-0.2, 0) is 16.6 Å². The monoisotopic (exact) mass is 178 g/mol. The number of carboxylic acid groups (broad SMARTS) is 1. The number of rotatable bonds is 1. The summed E-state index contributed by atoms with van der Waals surface area (Å²) in [6, 6.07) is -1.48. The smallest absolute Gasteiger partial charge is 0.311 e. The first-order valence-electron chi connectivity index (χ1n) is 3.33. The van der Waals surface area contributed by atoms with Crippen LogP contribution in [-0.4, -0.2) is 29.6 Å². The minimum Gasteiger partial charge on any atom is -0.481 e. The molecule has 10 heavy (non-hydrogen) atoms. The Labute approximate surface area is 65.6 Å². The lowest BCUT2D eigenvalue weighted by atomic mass is 10.3. The van der Waals surface area contributed by atoms with Crippen molar-refractivity contribution in [3.05, 3.63) is 0 Å². The van der Waals surface area contributed by atoms with Crippen LogP contribution in [0.15, 0.2) is 0 Å². The summed E-state index contributed by atoms with van der Waals surface area (Å²) in [5, 5.41) is 8.71. The average molecular weight is 178 g/mol. The van der Waals surface area contributed by atoms with Crippen LogP contribution in [0.5, 0.6) is 0 Å². The number of carbonyl (C=O) groups is 1. The lowest BCUT2D eigenvalue weighted by Gasteiger charge is -2.13. The maximum Gasteiger partial charge on any atom is 0.311 e. The van der Waals surface area contributed by atoms with Crippen molar-refractivity contribution in [1.29, 1.82) is 0 Å². The molecule has 1 N–H and O–H groups in total. The molecule has 0 amide bonds. The Hall–Kier alpha value is 0.120. The van der Waals surface area contributed by atoms with E-state index in [4.69, 9.17) is 16.9 Å². The van der Waals surface area contributed by atoms with Crippen LogP contribution in [0.3, 0.4) is 0 Å². The number of carboxylic acids is 1. The number of hydrogen-bond donors (Lipinski definition) is 1. The molecule has 1 fully saturated rings. The van der Waals surface area contributed by atoms with Gasteiger partial charge in [-0.15, -0.1) is 0 Å². The SMILES string of the molecule is C[P@@]1(=S)CCC[C@@H]1C(=O)O. The molecular formula is C6H11O2PS. The first-order valence-corrected chi connectivity index (χ1v) is 6.83. The first-order chi connectivity index (χ1) is 4.54. The summed E-state index contributed by atoms with van der Waals surface area (Å²) >= 11 is 5.24. The lowest BCUT2D eigenvalue weighted by molar-refractivity contribution is -0.136. The maximum atomic E-state index is 10.6. The van der Waals surface area contributed by atoms with Crippen LogP contribution in [0.1, 0.15) is 12.8 Å². The second-order valence-electron chi connectivity index (χ2n) is 2.89. The molecule has 1 rings (SSSR count). The third kappa shape index (κ3) is 1.40. The predicted octanol–water partition coefficient (Wildman–Crippen LogP) is 1.34. The van der Waals surface area contributed by atoms with Crippen LogP contribution in [0.2, 0.25) is 0 Å². The average Bonchev–Trinajstić information content (AvgIpc) is 2.08. The van der Waals surface area contributed by atoms with E-state index < -0.39 is 12.0 Å². The predicted molar refractivity (Wildman–Crippen MR) is 45.7 cm³/mol. The van der Waals surface area contributed by atoms with Crippen LogP contribution in [0.4, 0.5) is 0 Å². The number of aliphatic carboxylic acids is 1. The van der Waals surface area contributed by atoms with Gasteiger partial charge in [-0.25, -0.2) is 0 Å². The summed E-state index contributed by atoms with van der Waals surface area (Å²) in [4.78, 5) is 10.6. The molecule has 0 aromatic carbocycles. The van der Waals surface area contributed by atoms with Gasteiger partial charge in [0, 0.05) is 0 Å². The summed E-state index contributed by atoms with van der Waals surface area (Å²) in [5.41, 5.74) is -0.178. The number of hydrogen-bond acceptors (Lipinski definition) is 2. The molecule has 0 aromatic rings. The Kier molecular flexibility index (Phi) is 2.16. The fraction of sp³-hybridized carbons (Fsp3) is 0.833. The highest BCUT2D eigenvalue weighted by molar-refractivity contribution is 8.15. The highest BCUT2D eigenvalue weighted by atomic mass is 32.4. The van der Waals surface area contributed by atoms with Crippen molar-refractivity contribution >= 4 is 23.8 Å². The van der Waals surface area contributed by atoms with Gasteiger partial charge in [-0.1, -0.05) is 11.8 Å². The molecule has 0 aliphatic carbocycles. The Balaban J connectivity index is 2.79. The Morgan fingerprint density at radius 2 is 2.40 bits per heavy atom. The van der Waals surface area contributed by atoms with Crippen LogP contribution in [0, 0.1) is 0 Å². The zero-order valence-electron chi connectivity index (χ0n) is 5.91. The molecule has 1 aliphatic rings. The molecule has 1 aliphatic heterocycles. The highest BCUT2D eigenvalue weighted by Gasteiger charge is 2.34. The standard InChI is InChI=1S/C6H11O2PS/c1-9(10)4-2-3-5(9)6(7)8/h5H,2-4H2,1H3,(H,7,8)/t5-,9-/m1/s1. The molecule has 0 saturated carbocycles. The minimum atomic E-state index is -1.48. The fourth-order valence-electron chi connectivity index (χ4n) is 1.38. The molecule has 58 valence electrons. The van der Waals surface area contributed by atoms with E-state index in [0.29, 0.717) is 0 Å². The Morgan fingerprint density at radius 3 is 2.60 bits per heavy atom. The molecule has 1 heterocycles.